The Hall–Kier alpha value is -0.720. The van der Waals surface area contributed by atoms with Gasteiger partial charge in [0.25, 0.3) is 0 Å². The number of hydrogen-bond acceptors (Lipinski definition) is 5. The number of phosphoric ester groups is 1. The summed E-state index contributed by atoms with van der Waals surface area (Å²) in [6, 6.07) is 0. The number of phosphoric acid groups is 1. The minimum atomic E-state index is -4.62. The van der Waals surface area contributed by atoms with E-state index in [4.69, 9.17) is 14.5 Å². The number of carbonyl (C=O) groups is 1. The second-order valence-electron chi connectivity index (χ2n) is 7.46. The molecule has 0 radical (unpaired) electrons. The molecule has 29 heavy (non-hydrogen) atoms. The molecule has 0 saturated carbocycles. The standard InChI is InChI=1S/C21H41O7P/c1-2-3-4-5-6-7-8-9-10-11-12-13-14-15-16-17-21(23)27-18-20(22)19-28-29(24,25)26/h6-7,20,22H,2-5,8-19H2,1H3,(H2,24,25,26). The van der Waals surface area contributed by atoms with E-state index >= 15 is 0 Å². The van der Waals surface area contributed by atoms with Gasteiger partial charge in [-0.2, -0.15) is 0 Å². The van der Waals surface area contributed by atoms with Crippen LogP contribution >= 0.6 is 7.82 Å². The fourth-order valence-corrected chi connectivity index (χ4v) is 3.20. The van der Waals surface area contributed by atoms with E-state index in [0.29, 0.717) is 0 Å². The zero-order valence-electron chi connectivity index (χ0n) is 18.0. The first kappa shape index (κ1) is 28.3. The summed E-state index contributed by atoms with van der Waals surface area (Å²) in [6.07, 6.45) is 19.0. The fourth-order valence-electron chi connectivity index (χ4n) is 2.83. The first-order chi connectivity index (χ1) is 13.8. The van der Waals surface area contributed by atoms with Gasteiger partial charge in [0.15, 0.2) is 0 Å². The van der Waals surface area contributed by atoms with Gasteiger partial charge in [-0.25, -0.2) is 4.57 Å². The number of rotatable bonds is 20. The van der Waals surface area contributed by atoms with Crippen molar-refractivity contribution in [3.8, 4) is 0 Å². The smallest absolute Gasteiger partial charge is 0.463 e. The summed E-state index contributed by atoms with van der Waals surface area (Å²) >= 11 is 0. The topological polar surface area (TPSA) is 113 Å². The van der Waals surface area contributed by atoms with Crippen LogP contribution in [0.25, 0.3) is 0 Å². The minimum Gasteiger partial charge on any atom is -0.463 e. The summed E-state index contributed by atoms with van der Waals surface area (Å²) in [6.45, 7) is 1.32. The Morgan fingerprint density at radius 2 is 1.38 bits per heavy atom. The monoisotopic (exact) mass is 436 g/mol. The highest BCUT2D eigenvalue weighted by Crippen LogP contribution is 2.35. The van der Waals surface area contributed by atoms with Crippen molar-refractivity contribution in [2.24, 2.45) is 0 Å². The van der Waals surface area contributed by atoms with Crippen LogP contribution in [-0.4, -0.2) is 40.2 Å². The van der Waals surface area contributed by atoms with E-state index in [1.54, 1.807) is 0 Å². The number of hydrogen-bond donors (Lipinski definition) is 3. The van der Waals surface area contributed by atoms with Gasteiger partial charge in [-0.05, 0) is 32.1 Å². The highest BCUT2D eigenvalue weighted by atomic mass is 31.2. The molecule has 172 valence electrons. The number of allylic oxidation sites excluding steroid dienone is 2. The maximum absolute atomic E-state index is 11.5. The van der Waals surface area contributed by atoms with Gasteiger partial charge in [-0.15, -0.1) is 0 Å². The highest BCUT2D eigenvalue weighted by molar-refractivity contribution is 7.46. The number of aliphatic hydroxyl groups excluding tert-OH is 1. The van der Waals surface area contributed by atoms with Gasteiger partial charge in [0.2, 0.25) is 0 Å². The first-order valence-electron chi connectivity index (χ1n) is 11.0. The lowest BCUT2D eigenvalue weighted by atomic mass is 10.1. The van der Waals surface area contributed by atoms with Crippen molar-refractivity contribution in [3.63, 3.8) is 0 Å². The van der Waals surface area contributed by atoms with E-state index in [1.807, 2.05) is 0 Å². The molecule has 0 bridgehead atoms. The quantitative estimate of drug-likeness (QED) is 0.106. The predicted octanol–water partition coefficient (Wildman–Crippen LogP) is 5.04. The molecule has 0 aliphatic heterocycles. The minimum absolute atomic E-state index is 0.288. The summed E-state index contributed by atoms with van der Waals surface area (Å²) < 4.78 is 19.5. The third kappa shape index (κ3) is 23.4. The third-order valence-electron chi connectivity index (χ3n) is 4.51. The van der Waals surface area contributed by atoms with E-state index in [2.05, 4.69) is 23.6 Å². The van der Waals surface area contributed by atoms with Gasteiger partial charge in [-0.3, -0.25) is 9.32 Å². The van der Waals surface area contributed by atoms with Crippen LogP contribution in [0.2, 0.25) is 0 Å². The van der Waals surface area contributed by atoms with E-state index in [1.165, 1.54) is 64.2 Å². The number of unbranched alkanes of at least 4 members (excludes halogenated alkanes) is 11. The molecule has 0 heterocycles. The van der Waals surface area contributed by atoms with E-state index < -0.39 is 26.5 Å². The lowest BCUT2D eigenvalue weighted by Crippen LogP contribution is -2.23. The summed E-state index contributed by atoms with van der Waals surface area (Å²) in [5.74, 6) is -0.414. The van der Waals surface area contributed by atoms with E-state index in [0.717, 1.165) is 19.3 Å². The van der Waals surface area contributed by atoms with Crippen molar-refractivity contribution < 1.29 is 33.5 Å². The average Bonchev–Trinajstić information content (AvgIpc) is 2.67. The Morgan fingerprint density at radius 1 is 0.862 bits per heavy atom. The second-order valence-corrected chi connectivity index (χ2v) is 8.70. The van der Waals surface area contributed by atoms with Gasteiger partial charge in [0.05, 0.1) is 6.61 Å². The van der Waals surface area contributed by atoms with Gasteiger partial charge < -0.3 is 19.6 Å². The molecule has 1 unspecified atom stereocenters. The van der Waals surface area contributed by atoms with Crippen molar-refractivity contribution in [2.45, 2.75) is 103 Å². The van der Waals surface area contributed by atoms with Crippen molar-refractivity contribution in [3.05, 3.63) is 12.2 Å². The van der Waals surface area contributed by atoms with E-state index in [-0.39, 0.29) is 13.0 Å². The summed E-state index contributed by atoms with van der Waals surface area (Å²) in [7, 11) is -4.62. The van der Waals surface area contributed by atoms with Crippen molar-refractivity contribution in [2.75, 3.05) is 13.2 Å². The van der Waals surface area contributed by atoms with Crippen LogP contribution in [0, 0.1) is 0 Å². The Kier molecular flexibility index (Phi) is 18.8. The van der Waals surface area contributed by atoms with E-state index in [9.17, 15) is 14.5 Å². The molecule has 0 rings (SSSR count). The second kappa shape index (κ2) is 19.3. The molecular weight excluding hydrogens is 395 g/mol. The first-order valence-corrected chi connectivity index (χ1v) is 12.6. The molecule has 3 N–H and O–H groups in total. The predicted molar refractivity (Wildman–Crippen MR) is 114 cm³/mol. The van der Waals surface area contributed by atoms with Crippen LogP contribution < -0.4 is 0 Å². The molecular formula is C21H41O7P. The van der Waals surface area contributed by atoms with Crippen LogP contribution in [0.4, 0.5) is 0 Å². The third-order valence-corrected chi connectivity index (χ3v) is 5.00. The van der Waals surface area contributed by atoms with Gasteiger partial charge in [0, 0.05) is 6.42 Å². The van der Waals surface area contributed by atoms with Crippen LogP contribution in [0.15, 0.2) is 12.2 Å². The van der Waals surface area contributed by atoms with Crippen LogP contribution in [-0.2, 0) is 18.6 Å². The summed E-state index contributed by atoms with van der Waals surface area (Å²) in [5, 5.41) is 9.42. The van der Waals surface area contributed by atoms with Crippen LogP contribution in [0.3, 0.4) is 0 Å². The molecule has 0 aromatic rings. The SMILES string of the molecule is CCCCCC=CCCCCCCCCCCC(=O)OCC(O)COP(=O)(O)O. The average molecular weight is 437 g/mol. The summed E-state index contributed by atoms with van der Waals surface area (Å²) in [4.78, 5) is 28.6. The highest BCUT2D eigenvalue weighted by Gasteiger charge is 2.17. The van der Waals surface area contributed by atoms with Crippen molar-refractivity contribution >= 4 is 13.8 Å². The van der Waals surface area contributed by atoms with Gasteiger partial charge >= 0.3 is 13.8 Å². The number of esters is 1. The number of ether oxygens (including phenoxy) is 1. The Labute approximate surface area is 176 Å². The van der Waals surface area contributed by atoms with Gasteiger partial charge in [-0.1, -0.05) is 70.4 Å². The van der Waals surface area contributed by atoms with Crippen LogP contribution in [0.5, 0.6) is 0 Å². The zero-order valence-corrected chi connectivity index (χ0v) is 18.9. The number of aliphatic hydroxyl groups is 1. The Morgan fingerprint density at radius 3 is 1.93 bits per heavy atom. The van der Waals surface area contributed by atoms with Crippen LogP contribution in [0.1, 0.15) is 96.8 Å². The Balaban J connectivity index is 3.35. The maximum Gasteiger partial charge on any atom is 0.469 e. The molecule has 0 aliphatic carbocycles. The fraction of sp³-hybridized carbons (Fsp3) is 0.857. The van der Waals surface area contributed by atoms with Crippen molar-refractivity contribution in [1.29, 1.82) is 0 Å². The zero-order chi connectivity index (χ0) is 21.8. The lowest BCUT2D eigenvalue weighted by Gasteiger charge is -2.12. The summed E-state index contributed by atoms with van der Waals surface area (Å²) in [5.41, 5.74) is 0. The van der Waals surface area contributed by atoms with Gasteiger partial charge in [0.1, 0.15) is 12.7 Å². The molecule has 0 spiro atoms. The molecule has 0 fully saturated rings. The molecule has 0 aromatic carbocycles. The molecule has 0 aromatic heterocycles. The molecule has 0 aliphatic rings. The Bertz CT molecular complexity index is 462. The molecule has 0 amide bonds. The lowest BCUT2D eigenvalue weighted by molar-refractivity contribution is -0.147. The molecule has 0 saturated heterocycles. The molecule has 7 nitrogen and oxygen atoms in total. The normalized spacial score (nSPS) is 13.1. The maximum atomic E-state index is 11.5. The molecule has 1 atom stereocenters. The molecule has 8 heteroatoms. The largest absolute Gasteiger partial charge is 0.469 e. The number of carbonyl (C=O) groups excluding carboxylic acids is 1. The van der Waals surface area contributed by atoms with Crippen molar-refractivity contribution in [1.82, 2.24) is 0 Å².